The molecular formula is C7H12N2O2. The van der Waals surface area contributed by atoms with Gasteiger partial charge in [-0.05, 0) is 6.07 Å². The SMILES string of the molecule is COCCn1ccc(CO)n1. The van der Waals surface area contributed by atoms with Crippen molar-refractivity contribution in [2.24, 2.45) is 0 Å². The number of hydrogen-bond donors (Lipinski definition) is 1. The number of aliphatic hydroxyl groups excluding tert-OH is 1. The molecule has 1 heterocycles. The molecular weight excluding hydrogens is 144 g/mol. The first-order valence-corrected chi connectivity index (χ1v) is 3.49. The zero-order valence-electron chi connectivity index (χ0n) is 6.53. The lowest BCUT2D eigenvalue weighted by Gasteiger charge is -1.98. The van der Waals surface area contributed by atoms with E-state index >= 15 is 0 Å². The molecule has 0 saturated heterocycles. The fourth-order valence-corrected chi connectivity index (χ4v) is 0.797. The van der Waals surface area contributed by atoms with Crippen molar-refractivity contribution >= 4 is 0 Å². The van der Waals surface area contributed by atoms with Crippen molar-refractivity contribution < 1.29 is 9.84 Å². The van der Waals surface area contributed by atoms with E-state index in [4.69, 9.17) is 9.84 Å². The van der Waals surface area contributed by atoms with E-state index in [0.29, 0.717) is 12.3 Å². The highest BCUT2D eigenvalue weighted by Crippen LogP contribution is 1.94. The molecule has 0 saturated carbocycles. The first-order valence-electron chi connectivity index (χ1n) is 3.49. The molecule has 0 fully saturated rings. The number of ether oxygens (including phenoxy) is 1. The van der Waals surface area contributed by atoms with E-state index in [-0.39, 0.29) is 6.61 Å². The first kappa shape index (κ1) is 8.23. The summed E-state index contributed by atoms with van der Waals surface area (Å²) in [5.41, 5.74) is 0.695. The maximum absolute atomic E-state index is 8.67. The number of methoxy groups -OCH3 is 1. The van der Waals surface area contributed by atoms with Crippen molar-refractivity contribution in [3.8, 4) is 0 Å². The van der Waals surface area contributed by atoms with Crippen molar-refractivity contribution in [2.45, 2.75) is 13.2 Å². The summed E-state index contributed by atoms with van der Waals surface area (Å²) in [5, 5.41) is 12.7. The Kier molecular flexibility index (Phi) is 3.07. The molecule has 0 bridgehead atoms. The highest BCUT2D eigenvalue weighted by atomic mass is 16.5. The Bertz CT molecular complexity index is 210. The standard InChI is InChI=1S/C7H12N2O2/c1-11-5-4-9-3-2-7(6-10)8-9/h2-3,10H,4-6H2,1H3. The van der Waals surface area contributed by atoms with Gasteiger partial charge in [0.15, 0.2) is 0 Å². The Hall–Kier alpha value is -0.870. The summed E-state index contributed by atoms with van der Waals surface area (Å²) in [7, 11) is 1.65. The molecule has 4 nitrogen and oxygen atoms in total. The summed E-state index contributed by atoms with van der Waals surface area (Å²) in [4.78, 5) is 0. The molecule has 0 aliphatic carbocycles. The van der Waals surface area contributed by atoms with Gasteiger partial charge in [-0.3, -0.25) is 4.68 Å². The second-order valence-corrected chi connectivity index (χ2v) is 2.22. The average molecular weight is 156 g/mol. The lowest BCUT2D eigenvalue weighted by atomic mass is 10.5. The maximum Gasteiger partial charge on any atom is 0.0878 e. The first-order chi connectivity index (χ1) is 5.36. The molecule has 0 aliphatic heterocycles. The average Bonchev–Trinajstić information content (AvgIpc) is 2.48. The van der Waals surface area contributed by atoms with Gasteiger partial charge in [-0.15, -0.1) is 0 Å². The summed E-state index contributed by atoms with van der Waals surface area (Å²) >= 11 is 0. The maximum atomic E-state index is 8.67. The molecule has 0 unspecified atom stereocenters. The van der Waals surface area contributed by atoms with Crippen LogP contribution >= 0.6 is 0 Å². The molecule has 0 radical (unpaired) electrons. The minimum atomic E-state index is -0.0000177. The van der Waals surface area contributed by atoms with E-state index in [0.717, 1.165) is 6.54 Å². The topological polar surface area (TPSA) is 47.3 Å². The van der Waals surface area contributed by atoms with Gasteiger partial charge in [0.1, 0.15) is 0 Å². The molecule has 11 heavy (non-hydrogen) atoms. The summed E-state index contributed by atoms with van der Waals surface area (Å²) in [6.45, 7) is 1.38. The highest BCUT2D eigenvalue weighted by molar-refractivity contribution is 4.96. The molecule has 0 aliphatic rings. The molecule has 1 aromatic rings. The zero-order chi connectivity index (χ0) is 8.10. The van der Waals surface area contributed by atoms with Gasteiger partial charge in [0, 0.05) is 13.3 Å². The summed E-state index contributed by atoms with van der Waals surface area (Å²) in [6.07, 6.45) is 1.82. The quantitative estimate of drug-likeness (QED) is 0.668. The van der Waals surface area contributed by atoms with Crippen molar-refractivity contribution in [1.82, 2.24) is 9.78 Å². The van der Waals surface area contributed by atoms with Gasteiger partial charge < -0.3 is 9.84 Å². The van der Waals surface area contributed by atoms with Crippen molar-refractivity contribution in [3.63, 3.8) is 0 Å². The second kappa shape index (κ2) is 4.10. The molecule has 0 aromatic carbocycles. The Morgan fingerprint density at radius 1 is 1.73 bits per heavy atom. The normalized spacial score (nSPS) is 10.4. The smallest absolute Gasteiger partial charge is 0.0878 e. The lowest BCUT2D eigenvalue weighted by Crippen LogP contribution is -2.04. The van der Waals surface area contributed by atoms with E-state index in [1.165, 1.54) is 0 Å². The molecule has 1 rings (SSSR count). The summed E-state index contributed by atoms with van der Waals surface area (Å²) in [5.74, 6) is 0. The van der Waals surface area contributed by atoms with Gasteiger partial charge in [0.05, 0.1) is 25.5 Å². The minimum absolute atomic E-state index is 0.0000177. The van der Waals surface area contributed by atoms with E-state index in [1.54, 1.807) is 17.9 Å². The Morgan fingerprint density at radius 3 is 3.09 bits per heavy atom. The van der Waals surface area contributed by atoms with E-state index in [1.807, 2.05) is 6.20 Å². The van der Waals surface area contributed by atoms with Gasteiger partial charge in [-0.1, -0.05) is 0 Å². The van der Waals surface area contributed by atoms with Gasteiger partial charge >= 0.3 is 0 Å². The van der Waals surface area contributed by atoms with Gasteiger partial charge in [-0.2, -0.15) is 5.10 Å². The third-order valence-corrected chi connectivity index (χ3v) is 1.38. The number of aliphatic hydroxyl groups is 1. The lowest BCUT2D eigenvalue weighted by molar-refractivity contribution is 0.183. The molecule has 0 spiro atoms. The third kappa shape index (κ3) is 2.32. The van der Waals surface area contributed by atoms with Crippen LogP contribution in [0, 0.1) is 0 Å². The summed E-state index contributed by atoms with van der Waals surface area (Å²) in [6, 6.07) is 1.79. The zero-order valence-corrected chi connectivity index (χ0v) is 6.53. The molecule has 0 atom stereocenters. The van der Waals surface area contributed by atoms with Crippen LogP contribution in [0.15, 0.2) is 12.3 Å². The van der Waals surface area contributed by atoms with Crippen molar-refractivity contribution in [2.75, 3.05) is 13.7 Å². The molecule has 1 aromatic heterocycles. The van der Waals surface area contributed by atoms with Crippen molar-refractivity contribution in [3.05, 3.63) is 18.0 Å². The van der Waals surface area contributed by atoms with Crippen LogP contribution in [0.1, 0.15) is 5.69 Å². The number of aromatic nitrogens is 2. The predicted octanol–water partition coefficient (Wildman–Crippen LogP) is 0.0218. The van der Waals surface area contributed by atoms with E-state index in [9.17, 15) is 0 Å². The fraction of sp³-hybridized carbons (Fsp3) is 0.571. The van der Waals surface area contributed by atoms with Crippen LogP contribution < -0.4 is 0 Å². The Labute approximate surface area is 65.4 Å². The van der Waals surface area contributed by atoms with Gasteiger partial charge in [0.2, 0.25) is 0 Å². The second-order valence-electron chi connectivity index (χ2n) is 2.22. The largest absolute Gasteiger partial charge is 0.390 e. The van der Waals surface area contributed by atoms with Crippen LogP contribution in [0.25, 0.3) is 0 Å². The number of hydrogen-bond acceptors (Lipinski definition) is 3. The number of rotatable bonds is 4. The molecule has 62 valence electrons. The summed E-state index contributed by atoms with van der Waals surface area (Å²) < 4.78 is 6.61. The van der Waals surface area contributed by atoms with Crippen LogP contribution in [-0.4, -0.2) is 28.6 Å². The minimum Gasteiger partial charge on any atom is -0.390 e. The molecule has 4 heteroatoms. The van der Waals surface area contributed by atoms with E-state index < -0.39 is 0 Å². The van der Waals surface area contributed by atoms with Crippen molar-refractivity contribution in [1.29, 1.82) is 0 Å². The van der Waals surface area contributed by atoms with Gasteiger partial charge in [-0.25, -0.2) is 0 Å². The van der Waals surface area contributed by atoms with Crippen LogP contribution in [0.2, 0.25) is 0 Å². The van der Waals surface area contributed by atoms with Crippen LogP contribution in [0.3, 0.4) is 0 Å². The van der Waals surface area contributed by atoms with Crippen LogP contribution in [0.5, 0.6) is 0 Å². The van der Waals surface area contributed by atoms with Crippen LogP contribution in [0.4, 0.5) is 0 Å². The van der Waals surface area contributed by atoms with Gasteiger partial charge in [0.25, 0.3) is 0 Å². The fourth-order valence-electron chi connectivity index (χ4n) is 0.797. The molecule has 0 amide bonds. The third-order valence-electron chi connectivity index (χ3n) is 1.38. The monoisotopic (exact) mass is 156 g/mol. The number of nitrogens with zero attached hydrogens (tertiary/aromatic N) is 2. The predicted molar refractivity (Wildman–Crippen MR) is 40.0 cm³/mol. The van der Waals surface area contributed by atoms with Crippen LogP contribution in [-0.2, 0) is 17.9 Å². The van der Waals surface area contributed by atoms with E-state index in [2.05, 4.69) is 5.10 Å². The Morgan fingerprint density at radius 2 is 2.55 bits per heavy atom. The molecule has 1 N–H and O–H groups in total. The highest BCUT2D eigenvalue weighted by Gasteiger charge is 1.95. The Balaban J connectivity index is 2.44.